The first-order valence-electron chi connectivity index (χ1n) is 8.14. The lowest BCUT2D eigenvalue weighted by molar-refractivity contribution is 0.0527. The molecule has 0 bridgehead atoms. The zero-order valence-corrected chi connectivity index (χ0v) is 14.2. The third-order valence-corrected chi connectivity index (χ3v) is 4.58. The Labute approximate surface area is 147 Å². The first-order chi connectivity index (χ1) is 11.6. The van der Waals surface area contributed by atoms with Crippen LogP contribution in [0.25, 0.3) is 0 Å². The lowest BCUT2D eigenvalue weighted by atomic mass is 10.1. The van der Waals surface area contributed by atoms with Gasteiger partial charge in [-0.05, 0) is 29.8 Å². The standard InChI is InChI=1S/C19H21ClN2O2/c20-17-8-4-7-16(13-17)18(23)14-21-9-11-22(12-10-21)19(24)15-5-2-1-3-6-15/h1-8,13,18,23H,9-12,14H2. The van der Waals surface area contributed by atoms with Crippen molar-refractivity contribution in [1.29, 1.82) is 0 Å². The van der Waals surface area contributed by atoms with Crippen LogP contribution in [0.15, 0.2) is 54.6 Å². The number of aliphatic hydroxyl groups is 1. The summed E-state index contributed by atoms with van der Waals surface area (Å²) in [6.45, 7) is 3.42. The highest BCUT2D eigenvalue weighted by Crippen LogP contribution is 2.19. The molecule has 24 heavy (non-hydrogen) atoms. The van der Waals surface area contributed by atoms with Crippen LogP contribution >= 0.6 is 11.6 Å². The Morgan fingerprint density at radius 1 is 1.04 bits per heavy atom. The molecule has 1 fully saturated rings. The number of benzene rings is 2. The smallest absolute Gasteiger partial charge is 0.253 e. The quantitative estimate of drug-likeness (QED) is 0.927. The summed E-state index contributed by atoms with van der Waals surface area (Å²) in [5, 5.41) is 11.0. The first-order valence-corrected chi connectivity index (χ1v) is 8.51. The highest BCUT2D eigenvalue weighted by molar-refractivity contribution is 6.30. The molecule has 1 heterocycles. The minimum atomic E-state index is -0.569. The molecule has 0 aromatic heterocycles. The van der Waals surface area contributed by atoms with E-state index in [1.807, 2.05) is 47.4 Å². The summed E-state index contributed by atoms with van der Waals surface area (Å²) in [5.74, 6) is 0.0747. The molecule has 0 spiro atoms. The van der Waals surface area contributed by atoms with Crippen molar-refractivity contribution < 1.29 is 9.90 Å². The van der Waals surface area contributed by atoms with E-state index < -0.39 is 6.10 Å². The van der Waals surface area contributed by atoms with Crippen molar-refractivity contribution >= 4 is 17.5 Å². The molecule has 4 nitrogen and oxygen atoms in total. The fraction of sp³-hybridized carbons (Fsp3) is 0.316. The topological polar surface area (TPSA) is 43.8 Å². The molecule has 1 saturated heterocycles. The van der Waals surface area contributed by atoms with E-state index in [2.05, 4.69) is 4.90 Å². The monoisotopic (exact) mass is 344 g/mol. The van der Waals surface area contributed by atoms with E-state index in [0.29, 0.717) is 24.7 Å². The number of hydrogen-bond donors (Lipinski definition) is 1. The van der Waals surface area contributed by atoms with Crippen molar-refractivity contribution in [3.63, 3.8) is 0 Å². The van der Waals surface area contributed by atoms with Crippen LogP contribution in [0.2, 0.25) is 5.02 Å². The minimum absolute atomic E-state index is 0.0747. The van der Waals surface area contributed by atoms with Crippen molar-refractivity contribution in [1.82, 2.24) is 9.80 Å². The molecule has 2 aromatic rings. The van der Waals surface area contributed by atoms with Crippen molar-refractivity contribution in [3.05, 3.63) is 70.7 Å². The van der Waals surface area contributed by atoms with Gasteiger partial charge in [0, 0.05) is 43.3 Å². The fourth-order valence-electron chi connectivity index (χ4n) is 2.96. The molecule has 0 saturated carbocycles. The number of carbonyl (C=O) groups excluding carboxylic acids is 1. The fourth-order valence-corrected chi connectivity index (χ4v) is 3.16. The van der Waals surface area contributed by atoms with Crippen LogP contribution in [0.4, 0.5) is 0 Å². The third-order valence-electron chi connectivity index (χ3n) is 4.34. The summed E-state index contributed by atoms with van der Waals surface area (Å²) in [6.07, 6.45) is -0.569. The van der Waals surface area contributed by atoms with Gasteiger partial charge in [-0.2, -0.15) is 0 Å². The Balaban J connectivity index is 1.53. The molecule has 1 aliphatic heterocycles. The summed E-state index contributed by atoms with van der Waals surface area (Å²) in [4.78, 5) is 16.5. The van der Waals surface area contributed by atoms with Crippen molar-refractivity contribution in [2.75, 3.05) is 32.7 Å². The average molecular weight is 345 g/mol. The summed E-state index contributed by atoms with van der Waals surface area (Å²) >= 11 is 5.97. The molecule has 1 unspecified atom stereocenters. The Hall–Kier alpha value is -1.88. The van der Waals surface area contributed by atoms with E-state index in [9.17, 15) is 9.90 Å². The number of rotatable bonds is 4. The van der Waals surface area contributed by atoms with Crippen molar-refractivity contribution in [2.45, 2.75) is 6.10 Å². The van der Waals surface area contributed by atoms with Gasteiger partial charge in [0.15, 0.2) is 0 Å². The summed E-state index contributed by atoms with van der Waals surface area (Å²) < 4.78 is 0. The van der Waals surface area contributed by atoms with Crippen LogP contribution in [0.1, 0.15) is 22.0 Å². The van der Waals surface area contributed by atoms with Crippen LogP contribution in [0.5, 0.6) is 0 Å². The molecule has 1 aliphatic rings. The second-order valence-electron chi connectivity index (χ2n) is 6.03. The molecular weight excluding hydrogens is 324 g/mol. The number of carbonyl (C=O) groups is 1. The molecule has 1 N–H and O–H groups in total. The number of aliphatic hydroxyl groups excluding tert-OH is 1. The maximum absolute atomic E-state index is 12.4. The lowest BCUT2D eigenvalue weighted by Gasteiger charge is -2.35. The highest BCUT2D eigenvalue weighted by atomic mass is 35.5. The predicted octanol–water partition coefficient (Wildman–Crippen LogP) is 2.83. The van der Waals surface area contributed by atoms with Crippen LogP contribution in [0.3, 0.4) is 0 Å². The van der Waals surface area contributed by atoms with Gasteiger partial charge in [0.05, 0.1) is 6.10 Å². The van der Waals surface area contributed by atoms with Crippen LogP contribution < -0.4 is 0 Å². The van der Waals surface area contributed by atoms with Crippen molar-refractivity contribution in [3.8, 4) is 0 Å². The molecule has 3 rings (SSSR count). The Morgan fingerprint density at radius 3 is 2.42 bits per heavy atom. The van der Waals surface area contributed by atoms with E-state index in [1.54, 1.807) is 12.1 Å². The van der Waals surface area contributed by atoms with Gasteiger partial charge < -0.3 is 10.0 Å². The summed E-state index contributed by atoms with van der Waals surface area (Å²) in [5.41, 5.74) is 1.55. The van der Waals surface area contributed by atoms with E-state index >= 15 is 0 Å². The zero-order valence-electron chi connectivity index (χ0n) is 13.4. The van der Waals surface area contributed by atoms with Gasteiger partial charge in [-0.1, -0.05) is 41.9 Å². The van der Waals surface area contributed by atoms with Gasteiger partial charge in [-0.25, -0.2) is 0 Å². The summed E-state index contributed by atoms with van der Waals surface area (Å²) in [7, 11) is 0. The Kier molecular flexibility index (Phi) is 5.51. The maximum atomic E-state index is 12.4. The second-order valence-corrected chi connectivity index (χ2v) is 6.47. The second kappa shape index (κ2) is 7.79. The van der Waals surface area contributed by atoms with Gasteiger partial charge in [0.2, 0.25) is 0 Å². The van der Waals surface area contributed by atoms with E-state index in [4.69, 9.17) is 11.6 Å². The average Bonchev–Trinajstić information content (AvgIpc) is 2.62. The van der Waals surface area contributed by atoms with Crippen molar-refractivity contribution in [2.24, 2.45) is 0 Å². The number of hydrogen-bond acceptors (Lipinski definition) is 3. The Bertz CT molecular complexity index is 685. The molecule has 5 heteroatoms. The number of β-amino-alcohol motifs (C(OH)–C–C–N with tert-alkyl or cyclic N) is 1. The molecular formula is C19H21ClN2O2. The number of nitrogens with zero attached hydrogens (tertiary/aromatic N) is 2. The molecule has 2 aromatic carbocycles. The van der Waals surface area contributed by atoms with E-state index in [0.717, 1.165) is 24.2 Å². The normalized spacial score (nSPS) is 16.8. The van der Waals surface area contributed by atoms with E-state index in [-0.39, 0.29) is 5.91 Å². The highest BCUT2D eigenvalue weighted by Gasteiger charge is 2.23. The molecule has 0 radical (unpaired) electrons. The molecule has 1 amide bonds. The largest absolute Gasteiger partial charge is 0.387 e. The molecule has 0 aliphatic carbocycles. The van der Waals surface area contributed by atoms with Crippen LogP contribution in [0, 0.1) is 0 Å². The first kappa shape index (κ1) is 17.0. The van der Waals surface area contributed by atoms with Crippen LogP contribution in [-0.4, -0.2) is 53.5 Å². The third kappa shape index (κ3) is 4.15. The zero-order chi connectivity index (χ0) is 16.9. The number of amides is 1. The maximum Gasteiger partial charge on any atom is 0.253 e. The SMILES string of the molecule is O=C(c1ccccc1)N1CCN(CC(O)c2cccc(Cl)c2)CC1. The Morgan fingerprint density at radius 2 is 1.75 bits per heavy atom. The van der Waals surface area contributed by atoms with Gasteiger partial charge >= 0.3 is 0 Å². The minimum Gasteiger partial charge on any atom is -0.387 e. The number of piperazine rings is 1. The number of halogens is 1. The molecule has 126 valence electrons. The van der Waals surface area contributed by atoms with Gasteiger partial charge in [0.25, 0.3) is 5.91 Å². The molecule has 1 atom stereocenters. The lowest BCUT2D eigenvalue weighted by Crippen LogP contribution is -2.49. The predicted molar refractivity (Wildman–Crippen MR) is 95.2 cm³/mol. The van der Waals surface area contributed by atoms with Crippen LogP contribution in [-0.2, 0) is 0 Å². The van der Waals surface area contributed by atoms with Gasteiger partial charge in [-0.15, -0.1) is 0 Å². The van der Waals surface area contributed by atoms with Gasteiger partial charge in [-0.3, -0.25) is 9.69 Å². The van der Waals surface area contributed by atoms with Gasteiger partial charge in [0.1, 0.15) is 0 Å². The summed E-state index contributed by atoms with van der Waals surface area (Å²) in [6, 6.07) is 16.7. The van der Waals surface area contributed by atoms with E-state index in [1.165, 1.54) is 0 Å².